The van der Waals surface area contributed by atoms with Crippen LogP contribution in [-0.2, 0) is 5.41 Å². The Labute approximate surface area is 129 Å². The molecular weight excluding hydrogens is 268 g/mol. The Balaban J connectivity index is 2.03. The van der Waals surface area contributed by atoms with E-state index in [9.17, 15) is 0 Å². The Morgan fingerprint density at radius 2 is 1.50 bits per heavy atom. The van der Waals surface area contributed by atoms with E-state index in [2.05, 4.69) is 68.4 Å². The minimum absolute atomic E-state index is 0.00190. The van der Waals surface area contributed by atoms with Crippen LogP contribution in [0.2, 0.25) is 0 Å². The van der Waals surface area contributed by atoms with Crippen molar-refractivity contribution in [1.29, 1.82) is 0 Å². The van der Waals surface area contributed by atoms with E-state index in [4.69, 9.17) is 4.42 Å². The van der Waals surface area contributed by atoms with Gasteiger partial charge >= 0.3 is 0 Å². The van der Waals surface area contributed by atoms with Gasteiger partial charge in [0, 0.05) is 16.2 Å². The normalized spacial score (nSPS) is 15.2. The summed E-state index contributed by atoms with van der Waals surface area (Å²) in [5, 5.41) is 2.49. The van der Waals surface area contributed by atoms with Gasteiger partial charge in [-0.15, -0.1) is 0 Å². The fraction of sp³-hybridized carbons (Fsp3) is 0.143. The Morgan fingerprint density at radius 1 is 0.727 bits per heavy atom. The predicted octanol–water partition coefficient (Wildman–Crippen LogP) is 5.89. The standard InChI is InChI=1S/C21H16O/c1-21(2)16-9-5-3-7-13(16)14-11-12-18-19(20(14)21)15-8-4-6-10-17(15)22-18/h3-12H,1-2H3. The zero-order valence-corrected chi connectivity index (χ0v) is 12.7. The summed E-state index contributed by atoms with van der Waals surface area (Å²) in [7, 11) is 0. The SMILES string of the molecule is CC1(C)c2ccccc2-c2ccc3oc4ccccc4c3c21. The summed E-state index contributed by atoms with van der Waals surface area (Å²) in [6.45, 7) is 4.64. The van der Waals surface area contributed by atoms with Gasteiger partial charge in [0.2, 0.25) is 0 Å². The maximum atomic E-state index is 6.07. The van der Waals surface area contributed by atoms with Crippen LogP contribution in [0.4, 0.5) is 0 Å². The minimum atomic E-state index is -0.00190. The van der Waals surface area contributed by atoms with Crippen LogP contribution in [0.15, 0.2) is 65.1 Å². The average Bonchev–Trinajstić information content (AvgIpc) is 3.02. The molecule has 1 aromatic heterocycles. The second-order valence-electron chi connectivity index (χ2n) is 6.63. The molecule has 0 saturated heterocycles. The van der Waals surface area contributed by atoms with Gasteiger partial charge < -0.3 is 4.42 Å². The van der Waals surface area contributed by atoms with E-state index in [1.807, 2.05) is 6.07 Å². The Kier molecular flexibility index (Phi) is 2.08. The van der Waals surface area contributed by atoms with Crippen LogP contribution < -0.4 is 0 Å². The molecular formula is C21H16O. The molecule has 22 heavy (non-hydrogen) atoms. The number of furan rings is 1. The molecule has 4 aromatic rings. The quantitative estimate of drug-likeness (QED) is 0.392. The number of hydrogen-bond acceptors (Lipinski definition) is 1. The van der Waals surface area contributed by atoms with Crippen molar-refractivity contribution in [2.45, 2.75) is 19.3 Å². The highest BCUT2D eigenvalue weighted by Gasteiger charge is 2.37. The molecule has 0 saturated carbocycles. The van der Waals surface area contributed by atoms with Crippen LogP contribution in [0.25, 0.3) is 33.1 Å². The first kappa shape index (κ1) is 12.0. The molecule has 0 radical (unpaired) electrons. The van der Waals surface area contributed by atoms with Gasteiger partial charge in [-0.25, -0.2) is 0 Å². The number of hydrogen-bond donors (Lipinski definition) is 0. The summed E-state index contributed by atoms with van der Waals surface area (Å²) in [6, 6.07) is 21.4. The van der Waals surface area contributed by atoms with Gasteiger partial charge in [0.1, 0.15) is 11.2 Å². The summed E-state index contributed by atoms with van der Waals surface area (Å²) in [5.41, 5.74) is 7.46. The third-order valence-corrected chi connectivity index (χ3v) is 5.06. The first-order chi connectivity index (χ1) is 10.7. The van der Waals surface area contributed by atoms with Crippen LogP contribution in [0.1, 0.15) is 25.0 Å². The topological polar surface area (TPSA) is 13.1 Å². The molecule has 3 aromatic carbocycles. The highest BCUT2D eigenvalue weighted by molar-refractivity contribution is 6.10. The largest absolute Gasteiger partial charge is 0.456 e. The lowest BCUT2D eigenvalue weighted by atomic mass is 9.80. The highest BCUT2D eigenvalue weighted by atomic mass is 16.3. The molecule has 1 heteroatoms. The molecule has 5 rings (SSSR count). The lowest BCUT2D eigenvalue weighted by Crippen LogP contribution is -2.15. The van der Waals surface area contributed by atoms with E-state index in [1.54, 1.807) is 0 Å². The van der Waals surface area contributed by atoms with E-state index < -0.39 is 0 Å². The van der Waals surface area contributed by atoms with Crippen molar-refractivity contribution >= 4 is 21.9 Å². The lowest BCUT2D eigenvalue weighted by molar-refractivity contribution is 0.657. The molecule has 0 unspecified atom stereocenters. The van der Waals surface area contributed by atoms with Crippen LogP contribution in [0, 0.1) is 0 Å². The summed E-state index contributed by atoms with van der Waals surface area (Å²) >= 11 is 0. The summed E-state index contributed by atoms with van der Waals surface area (Å²) in [4.78, 5) is 0. The Hall–Kier alpha value is -2.54. The molecule has 0 fully saturated rings. The highest BCUT2D eigenvalue weighted by Crippen LogP contribution is 2.52. The molecule has 0 atom stereocenters. The molecule has 0 aliphatic heterocycles. The Bertz CT molecular complexity index is 1050. The molecule has 0 spiro atoms. The summed E-state index contributed by atoms with van der Waals surface area (Å²) in [6.07, 6.45) is 0. The lowest BCUT2D eigenvalue weighted by Gasteiger charge is -2.22. The number of fused-ring (bicyclic) bond motifs is 7. The van der Waals surface area contributed by atoms with Crippen LogP contribution >= 0.6 is 0 Å². The monoisotopic (exact) mass is 284 g/mol. The second-order valence-corrected chi connectivity index (χ2v) is 6.63. The van der Waals surface area contributed by atoms with Crippen LogP contribution in [0.3, 0.4) is 0 Å². The van der Waals surface area contributed by atoms with Crippen molar-refractivity contribution in [2.75, 3.05) is 0 Å². The average molecular weight is 284 g/mol. The third kappa shape index (κ3) is 1.29. The van der Waals surface area contributed by atoms with Gasteiger partial charge in [0.05, 0.1) is 0 Å². The van der Waals surface area contributed by atoms with Gasteiger partial charge in [-0.1, -0.05) is 62.4 Å². The van der Waals surface area contributed by atoms with E-state index in [0.717, 1.165) is 11.2 Å². The molecule has 0 amide bonds. The molecule has 1 aliphatic carbocycles. The maximum absolute atomic E-state index is 6.07. The summed E-state index contributed by atoms with van der Waals surface area (Å²) < 4.78 is 6.07. The summed E-state index contributed by atoms with van der Waals surface area (Å²) in [5.74, 6) is 0. The third-order valence-electron chi connectivity index (χ3n) is 5.06. The maximum Gasteiger partial charge on any atom is 0.135 e. The van der Waals surface area contributed by atoms with Gasteiger partial charge in [0.15, 0.2) is 0 Å². The van der Waals surface area contributed by atoms with Gasteiger partial charge in [-0.2, -0.15) is 0 Å². The van der Waals surface area contributed by atoms with Gasteiger partial charge in [-0.3, -0.25) is 0 Å². The zero-order valence-electron chi connectivity index (χ0n) is 12.7. The second kappa shape index (κ2) is 3.80. The van der Waals surface area contributed by atoms with Crippen molar-refractivity contribution in [3.05, 3.63) is 71.8 Å². The van der Waals surface area contributed by atoms with E-state index in [1.165, 1.54) is 33.0 Å². The number of benzene rings is 3. The Morgan fingerprint density at radius 3 is 2.41 bits per heavy atom. The molecule has 0 bridgehead atoms. The molecule has 1 aliphatic rings. The van der Waals surface area contributed by atoms with Crippen molar-refractivity contribution in [1.82, 2.24) is 0 Å². The molecule has 1 nitrogen and oxygen atoms in total. The minimum Gasteiger partial charge on any atom is -0.456 e. The fourth-order valence-corrected chi connectivity index (χ4v) is 4.09. The van der Waals surface area contributed by atoms with Crippen LogP contribution in [-0.4, -0.2) is 0 Å². The number of rotatable bonds is 0. The van der Waals surface area contributed by atoms with E-state index >= 15 is 0 Å². The van der Waals surface area contributed by atoms with E-state index in [0.29, 0.717) is 0 Å². The first-order valence-electron chi connectivity index (χ1n) is 7.72. The van der Waals surface area contributed by atoms with E-state index in [-0.39, 0.29) is 5.41 Å². The van der Waals surface area contributed by atoms with Crippen molar-refractivity contribution in [3.63, 3.8) is 0 Å². The van der Waals surface area contributed by atoms with Crippen molar-refractivity contribution < 1.29 is 4.42 Å². The van der Waals surface area contributed by atoms with Gasteiger partial charge in [0.25, 0.3) is 0 Å². The first-order valence-corrected chi connectivity index (χ1v) is 7.72. The smallest absolute Gasteiger partial charge is 0.135 e. The molecule has 106 valence electrons. The van der Waals surface area contributed by atoms with Crippen molar-refractivity contribution in [2.24, 2.45) is 0 Å². The molecule has 0 N–H and O–H groups in total. The zero-order chi connectivity index (χ0) is 14.9. The predicted molar refractivity (Wildman–Crippen MR) is 91.3 cm³/mol. The van der Waals surface area contributed by atoms with Crippen molar-refractivity contribution in [3.8, 4) is 11.1 Å². The van der Waals surface area contributed by atoms with Gasteiger partial charge in [-0.05, 0) is 34.4 Å². The van der Waals surface area contributed by atoms with Crippen LogP contribution in [0.5, 0.6) is 0 Å². The number of para-hydroxylation sites is 1. The molecule has 1 heterocycles. The fourth-order valence-electron chi connectivity index (χ4n) is 4.09.